The fourth-order valence-electron chi connectivity index (χ4n) is 3.84. The van der Waals surface area contributed by atoms with Crippen molar-refractivity contribution < 1.29 is 4.74 Å². The van der Waals surface area contributed by atoms with Crippen molar-refractivity contribution in [3.63, 3.8) is 0 Å². The maximum Gasteiger partial charge on any atom is 0.129 e. The van der Waals surface area contributed by atoms with Crippen molar-refractivity contribution in [1.82, 2.24) is 9.88 Å². The van der Waals surface area contributed by atoms with Crippen LogP contribution >= 0.6 is 0 Å². The Kier molecular flexibility index (Phi) is 6.22. The van der Waals surface area contributed by atoms with Crippen molar-refractivity contribution in [2.45, 2.75) is 59.7 Å². The van der Waals surface area contributed by atoms with Gasteiger partial charge in [0.1, 0.15) is 12.4 Å². The summed E-state index contributed by atoms with van der Waals surface area (Å²) >= 11 is 0. The molecule has 2 aromatic carbocycles. The Morgan fingerprint density at radius 1 is 0.963 bits per heavy atom. The van der Waals surface area contributed by atoms with Gasteiger partial charge in [-0.3, -0.25) is 4.90 Å². The first-order valence-electron chi connectivity index (χ1n) is 9.99. The van der Waals surface area contributed by atoms with Crippen LogP contribution in [0.3, 0.4) is 0 Å². The third kappa shape index (κ3) is 4.54. The Hall–Kier alpha value is -2.26. The molecule has 0 unspecified atom stereocenters. The Morgan fingerprint density at radius 2 is 1.67 bits per heavy atom. The number of fused-ring (bicyclic) bond motifs is 1. The first-order chi connectivity index (χ1) is 13.0. The van der Waals surface area contributed by atoms with Crippen LogP contribution < -0.4 is 4.74 Å². The molecule has 0 atom stereocenters. The number of nitrogens with one attached hydrogen (secondary N) is 1. The van der Waals surface area contributed by atoms with Gasteiger partial charge in [-0.15, -0.1) is 0 Å². The van der Waals surface area contributed by atoms with E-state index in [4.69, 9.17) is 4.74 Å². The molecule has 0 aliphatic heterocycles. The zero-order valence-electron chi connectivity index (χ0n) is 17.3. The van der Waals surface area contributed by atoms with E-state index in [9.17, 15) is 0 Å². The van der Waals surface area contributed by atoms with Crippen LogP contribution in [0.25, 0.3) is 10.9 Å². The second-order valence-electron chi connectivity index (χ2n) is 7.89. The fraction of sp³-hybridized carbons (Fsp3) is 0.417. The lowest BCUT2D eigenvalue weighted by molar-refractivity contribution is 0.177. The molecule has 0 aliphatic rings. The summed E-state index contributed by atoms with van der Waals surface area (Å²) in [5.74, 6) is 0.969. The number of hydrogen-bond donors (Lipinski definition) is 1. The van der Waals surface area contributed by atoms with Crippen molar-refractivity contribution in [2.24, 2.45) is 0 Å². The minimum Gasteiger partial charge on any atom is -0.488 e. The van der Waals surface area contributed by atoms with Gasteiger partial charge in [0.15, 0.2) is 0 Å². The van der Waals surface area contributed by atoms with E-state index >= 15 is 0 Å². The molecule has 0 aliphatic carbocycles. The predicted molar refractivity (Wildman–Crippen MR) is 114 cm³/mol. The zero-order chi connectivity index (χ0) is 19.4. The van der Waals surface area contributed by atoms with Crippen LogP contribution in [0.1, 0.15) is 44.4 Å². The van der Waals surface area contributed by atoms with Crippen molar-refractivity contribution in [1.29, 1.82) is 0 Å². The molecule has 3 nitrogen and oxygen atoms in total. The molecule has 0 spiro atoms. The van der Waals surface area contributed by atoms with Crippen LogP contribution in [-0.2, 0) is 13.0 Å². The lowest BCUT2D eigenvalue weighted by atomic mass is 10.1. The number of benzene rings is 2. The summed E-state index contributed by atoms with van der Waals surface area (Å²) in [7, 11) is 0. The van der Waals surface area contributed by atoms with E-state index in [1.54, 1.807) is 0 Å². The van der Waals surface area contributed by atoms with E-state index in [0.29, 0.717) is 18.7 Å². The molecule has 27 heavy (non-hydrogen) atoms. The lowest BCUT2D eigenvalue weighted by Gasteiger charge is -2.30. The summed E-state index contributed by atoms with van der Waals surface area (Å²) in [5.41, 5.74) is 4.97. The van der Waals surface area contributed by atoms with Gasteiger partial charge in [0.05, 0.1) is 5.52 Å². The van der Waals surface area contributed by atoms with Gasteiger partial charge < -0.3 is 9.72 Å². The topological polar surface area (TPSA) is 28.3 Å². The van der Waals surface area contributed by atoms with Gasteiger partial charge >= 0.3 is 0 Å². The number of nitrogens with zero attached hydrogens (tertiary/aromatic N) is 1. The average Bonchev–Trinajstić information content (AvgIpc) is 3.07. The van der Waals surface area contributed by atoms with Crippen LogP contribution in [0.4, 0.5) is 0 Å². The second-order valence-corrected chi connectivity index (χ2v) is 7.89. The van der Waals surface area contributed by atoms with Gasteiger partial charge in [-0.1, -0.05) is 36.4 Å². The molecule has 0 bridgehead atoms. The molecule has 144 valence electrons. The van der Waals surface area contributed by atoms with Crippen molar-refractivity contribution in [3.8, 4) is 5.75 Å². The normalized spacial score (nSPS) is 11.9. The lowest BCUT2D eigenvalue weighted by Crippen LogP contribution is -2.38. The number of ether oxygens (including phenoxy) is 1. The highest BCUT2D eigenvalue weighted by Crippen LogP contribution is 2.32. The number of H-pyrrole nitrogens is 1. The summed E-state index contributed by atoms with van der Waals surface area (Å²) in [6.45, 7) is 12.9. The third-order valence-corrected chi connectivity index (χ3v) is 5.29. The van der Waals surface area contributed by atoms with Crippen molar-refractivity contribution >= 4 is 10.9 Å². The Morgan fingerprint density at radius 3 is 2.33 bits per heavy atom. The van der Waals surface area contributed by atoms with Crippen LogP contribution in [0.15, 0.2) is 48.7 Å². The van der Waals surface area contributed by atoms with E-state index in [2.05, 4.69) is 87.1 Å². The van der Waals surface area contributed by atoms with Gasteiger partial charge in [-0.05, 0) is 63.8 Å². The maximum absolute atomic E-state index is 6.23. The monoisotopic (exact) mass is 364 g/mol. The Bertz CT molecular complexity index is 857. The van der Waals surface area contributed by atoms with Gasteiger partial charge in [-0.2, -0.15) is 0 Å². The van der Waals surface area contributed by atoms with Crippen molar-refractivity contribution in [2.75, 3.05) is 6.54 Å². The predicted octanol–water partition coefficient (Wildman–Crippen LogP) is 5.72. The zero-order valence-corrected chi connectivity index (χ0v) is 17.3. The molecule has 0 saturated heterocycles. The average molecular weight is 365 g/mol. The molecule has 3 rings (SSSR count). The van der Waals surface area contributed by atoms with E-state index in [1.807, 2.05) is 6.07 Å². The molecule has 1 aromatic heterocycles. The Labute approximate surface area is 163 Å². The summed E-state index contributed by atoms with van der Waals surface area (Å²) in [5, 5.41) is 1.23. The summed E-state index contributed by atoms with van der Waals surface area (Å²) < 4.78 is 6.23. The molecular weight excluding hydrogens is 332 g/mol. The van der Waals surface area contributed by atoms with Crippen LogP contribution in [0, 0.1) is 6.92 Å². The number of aryl methyl sites for hydroxylation is 1. The van der Waals surface area contributed by atoms with Gasteiger partial charge in [0, 0.05) is 30.2 Å². The molecule has 0 amide bonds. The van der Waals surface area contributed by atoms with Crippen LogP contribution in [0.2, 0.25) is 0 Å². The molecule has 0 fully saturated rings. The molecule has 3 heteroatoms. The summed E-state index contributed by atoms with van der Waals surface area (Å²) in [6.07, 6.45) is 3.17. The second kappa shape index (κ2) is 8.62. The van der Waals surface area contributed by atoms with E-state index in [1.165, 1.54) is 27.6 Å². The minimum atomic E-state index is 0.547. The molecule has 0 saturated carbocycles. The maximum atomic E-state index is 6.23. The molecule has 3 aromatic rings. The van der Waals surface area contributed by atoms with E-state index < -0.39 is 0 Å². The highest BCUT2D eigenvalue weighted by atomic mass is 16.5. The molecule has 1 N–H and O–H groups in total. The third-order valence-electron chi connectivity index (χ3n) is 5.29. The molecule has 0 radical (unpaired) electrons. The summed E-state index contributed by atoms with van der Waals surface area (Å²) in [4.78, 5) is 6.02. The molecular formula is C24H32N2O. The quantitative estimate of drug-likeness (QED) is 0.554. The summed E-state index contributed by atoms with van der Waals surface area (Å²) in [6, 6.07) is 15.7. The SMILES string of the molecule is Cc1ccc(OCc2ccccc2)c2c(CCN(C(C)C)C(C)C)c[nH]c12. The molecule has 1 heterocycles. The first-order valence-corrected chi connectivity index (χ1v) is 9.99. The van der Waals surface area contributed by atoms with Crippen molar-refractivity contribution in [3.05, 3.63) is 65.4 Å². The number of aromatic nitrogens is 1. The number of aromatic amines is 1. The first kappa shape index (κ1) is 19.5. The standard InChI is InChI=1S/C24H32N2O/c1-17(2)26(18(3)4)14-13-21-15-25-24-19(5)11-12-22(23(21)24)27-16-20-9-7-6-8-10-20/h6-12,15,17-18,25H,13-14,16H2,1-5H3. The van der Waals surface area contributed by atoms with E-state index in [0.717, 1.165) is 18.7 Å². The van der Waals surface area contributed by atoms with Crippen LogP contribution in [-0.4, -0.2) is 28.5 Å². The fourth-order valence-corrected chi connectivity index (χ4v) is 3.84. The minimum absolute atomic E-state index is 0.547. The Balaban J connectivity index is 1.84. The number of hydrogen-bond acceptors (Lipinski definition) is 2. The van der Waals surface area contributed by atoms with Gasteiger partial charge in [0.2, 0.25) is 0 Å². The van der Waals surface area contributed by atoms with Crippen LogP contribution in [0.5, 0.6) is 5.75 Å². The highest BCUT2D eigenvalue weighted by Gasteiger charge is 2.16. The smallest absolute Gasteiger partial charge is 0.129 e. The van der Waals surface area contributed by atoms with Gasteiger partial charge in [-0.25, -0.2) is 0 Å². The highest BCUT2D eigenvalue weighted by molar-refractivity contribution is 5.91. The van der Waals surface area contributed by atoms with Gasteiger partial charge in [0.25, 0.3) is 0 Å². The number of rotatable bonds is 8. The van der Waals surface area contributed by atoms with E-state index in [-0.39, 0.29) is 0 Å². The largest absolute Gasteiger partial charge is 0.488 e.